The number of aromatic amines is 1. The van der Waals surface area contributed by atoms with E-state index in [1.807, 2.05) is 25.1 Å². The minimum absolute atomic E-state index is 0.0880. The number of fused-ring (bicyclic) bond motifs is 1. The van der Waals surface area contributed by atoms with Crippen LogP contribution in [0.25, 0.3) is 0 Å². The van der Waals surface area contributed by atoms with Gasteiger partial charge >= 0.3 is 0 Å². The van der Waals surface area contributed by atoms with Crippen molar-refractivity contribution < 1.29 is 14.3 Å². The van der Waals surface area contributed by atoms with Crippen molar-refractivity contribution in [3.8, 4) is 11.5 Å². The molecule has 0 aliphatic carbocycles. The summed E-state index contributed by atoms with van der Waals surface area (Å²) in [5, 5.41) is 9.60. The van der Waals surface area contributed by atoms with E-state index >= 15 is 0 Å². The first-order valence-electron chi connectivity index (χ1n) is 6.78. The van der Waals surface area contributed by atoms with Crippen molar-refractivity contribution >= 4 is 11.7 Å². The second-order valence-corrected chi connectivity index (χ2v) is 5.11. The predicted molar refractivity (Wildman–Crippen MR) is 77.6 cm³/mol. The molecule has 1 atom stereocenters. The van der Waals surface area contributed by atoms with E-state index in [9.17, 15) is 4.79 Å². The highest BCUT2D eigenvalue weighted by molar-refractivity contribution is 5.92. The SMILES string of the molecule is COc1ccc2c(c1)CC(C(=O)Nc1cc(C)[nH]n1)CO2. The lowest BCUT2D eigenvalue weighted by atomic mass is 9.96. The highest BCUT2D eigenvalue weighted by Crippen LogP contribution is 2.31. The number of rotatable bonds is 3. The first kappa shape index (κ1) is 13.5. The van der Waals surface area contributed by atoms with Crippen LogP contribution < -0.4 is 14.8 Å². The van der Waals surface area contributed by atoms with Crippen LogP contribution in [0.2, 0.25) is 0 Å². The summed E-state index contributed by atoms with van der Waals surface area (Å²) in [4.78, 5) is 12.3. The van der Waals surface area contributed by atoms with Crippen molar-refractivity contribution in [1.82, 2.24) is 10.2 Å². The van der Waals surface area contributed by atoms with E-state index < -0.39 is 0 Å². The van der Waals surface area contributed by atoms with Gasteiger partial charge in [-0.3, -0.25) is 9.89 Å². The summed E-state index contributed by atoms with van der Waals surface area (Å²) < 4.78 is 10.9. The molecule has 0 fully saturated rings. The molecule has 0 saturated heterocycles. The maximum Gasteiger partial charge on any atom is 0.232 e. The van der Waals surface area contributed by atoms with E-state index in [4.69, 9.17) is 9.47 Å². The van der Waals surface area contributed by atoms with E-state index in [-0.39, 0.29) is 11.8 Å². The zero-order chi connectivity index (χ0) is 14.8. The van der Waals surface area contributed by atoms with Crippen molar-refractivity contribution in [3.05, 3.63) is 35.5 Å². The highest BCUT2D eigenvalue weighted by atomic mass is 16.5. The fraction of sp³-hybridized carbons (Fsp3) is 0.333. The average molecular weight is 287 g/mol. The number of methoxy groups -OCH3 is 1. The third-order valence-corrected chi connectivity index (χ3v) is 3.50. The number of H-pyrrole nitrogens is 1. The van der Waals surface area contributed by atoms with Crippen LogP contribution in [0.1, 0.15) is 11.3 Å². The first-order valence-corrected chi connectivity index (χ1v) is 6.78. The molecule has 1 aromatic heterocycles. The first-order chi connectivity index (χ1) is 10.2. The van der Waals surface area contributed by atoms with Crippen LogP contribution >= 0.6 is 0 Å². The van der Waals surface area contributed by atoms with Gasteiger partial charge in [-0.05, 0) is 37.1 Å². The summed E-state index contributed by atoms with van der Waals surface area (Å²) in [6, 6.07) is 7.43. The third-order valence-electron chi connectivity index (χ3n) is 3.50. The van der Waals surface area contributed by atoms with E-state index in [0.29, 0.717) is 18.8 Å². The Kier molecular flexibility index (Phi) is 3.51. The minimum atomic E-state index is -0.235. The summed E-state index contributed by atoms with van der Waals surface area (Å²) in [7, 11) is 1.62. The third kappa shape index (κ3) is 2.84. The number of benzene rings is 1. The molecule has 1 aliphatic rings. The molecule has 0 bridgehead atoms. The molecule has 1 aromatic carbocycles. The van der Waals surface area contributed by atoms with Gasteiger partial charge in [0.05, 0.1) is 13.0 Å². The van der Waals surface area contributed by atoms with E-state index in [1.165, 1.54) is 0 Å². The van der Waals surface area contributed by atoms with Gasteiger partial charge in [-0.15, -0.1) is 0 Å². The van der Waals surface area contributed by atoms with E-state index in [2.05, 4.69) is 15.5 Å². The number of carbonyl (C=O) groups is 1. The number of aromatic nitrogens is 2. The number of amides is 1. The van der Waals surface area contributed by atoms with Crippen molar-refractivity contribution in [1.29, 1.82) is 0 Å². The Balaban J connectivity index is 1.71. The molecule has 6 heteroatoms. The number of hydrogen-bond donors (Lipinski definition) is 2. The molecule has 1 aliphatic heterocycles. The van der Waals surface area contributed by atoms with Gasteiger partial charge in [-0.25, -0.2) is 0 Å². The number of hydrogen-bond acceptors (Lipinski definition) is 4. The lowest BCUT2D eigenvalue weighted by Gasteiger charge is -2.24. The number of ether oxygens (including phenoxy) is 2. The zero-order valence-corrected chi connectivity index (χ0v) is 12.0. The largest absolute Gasteiger partial charge is 0.497 e. The van der Waals surface area contributed by atoms with Gasteiger partial charge in [0.1, 0.15) is 18.1 Å². The number of anilines is 1. The summed E-state index contributed by atoms with van der Waals surface area (Å²) in [5.74, 6) is 1.79. The van der Waals surface area contributed by atoms with Crippen LogP contribution in [-0.4, -0.2) is 29.8 Å². The van der Waals surface area contributed by atoms with Gasteiger partial charge in [-0.2, -0.15) is 5.10 Å². The molecule has 2 N–H and O–H groups in total. The van der Waals surface area contributed by atoms with Crippen molar-refractivity contribution in [3.63, 3.8) is 0 Å². The summed E-state index contributed by atoms with van der Waals surface area (Å²) in [6.07, 6.45) is 0.627. The van der Waals surface area contributed by atoms with Crippen LogP contribution in [0.15, 0.2) is 24.3 Å². The summed E-state index contributed by atoms with van der Waals surface area (Å²) >= 11 is 0. The molecular weight excluding hydrogens is 270 g/mol. The maximum atomic E-state index is 12.3. The van der Waals surface area contributed by atoms with Gasteiger partial charge in [-0.1, -0.05) is 0 Å². The van der Waals surface area contributed by atoms with E-state index in [0.717, 1.165) is 22.8 Å². The number of carbonyl (C=O) groups excluding carboxylic acids is 1. The van der Waals surface area contributed by atoms with Gasteiger partial charge < -0.3 is 14.8 Å². The smallest absolute Gasteiger partial charge is 0.232 e. The lowest BCUT2D eigenvalue weighted by Crippen LogP contribution is -2.32. The molecule has 2 aromatic rings. The van der Waals surface area contributed by atoms with Crippen LogP contribution in [-0.2, 0) is 11.2 Å². The summed E-state index contributed by atoms with van der Waals surface area (Å²) in [6.45, 7) is 2.25. The Morgan fingerprint density at radius 1 is 1.48 bits per heavy atom. The van der Waals surface area contributed by atoms with Crippen molar-refractivity contribution in [2.45, 2.75) is 13.3 Å². The standard InChI is InChI=1S/C15H17N3O3/c1-9-5-14(18-17-9)16-15(19)11-6-10-7-12(20-2)3-4-13(10)21-8-11/h3-5,7,11H,6,8H2,1-2H3,(H2,16,17,18,19). The molecule has 2 heterocycles. The van der Waals surface area contributed by atoms with Crippen LogP contribution in [0.5, 0.6) is 11.5 Å². The number of nitrogens with zero attached hydrogens (tertiary/aromatic N) is 1. The molecule has 1 amide bonds. The summed E-state index contributed by atoms with van der Waals surface area (Å²) in [5.41, 5.74) is 1.89. The molecule has 0 saturated carbocycles. The highest BCUT2D eigenvalue weighted by Gasteiger charge is 2.26. The molecule has 3 rings (SSSR count). The Bertz CT molecular complexity index is 666. The Hall–Kier alpha value is -2.50. The van der Waals surface area contributed by atoms with Crippen LogP contribution in [0.3, 0.4) is 0 Å². The lowest BCUT2D eigenvalue weighted by molar-refractivity contribution is -0.121. The fourth-order valence-corrected chi connectivity index (χ4v) is 2.38. The van der Waals surface area contributed by atoms with Gasteiger partial charge in [0.2, 0.25) is 5.91 Å². The van der Waals surface area contributed by atoms with Gasteiger partial charge in [0, 0.05) is 11.8 Å². The van der Waals surface area contributed by atoms with Gasteiger partial charge in [0.15, 0.2) is 5.82 Å². The fourth-order valence-electron chi connectivity index (χ4n) is 2.38. The van der Waals surface area contributed by atoms with Crippen LogP contribution in [0, 0.1) is 12.8 Å². The van der Waals surface area contributed by atoms with Gasteiger partial charge in [0.25, 0.3) is 0 Å². The average Bonchev–Trinajstić information content (AvgIpc) is 2.91. The van der Waals surface area contributed by atoms with E-state index in [1.54, 1.807) is 13.2 Å². The molecule has 0 spiro atoms. The van der Waals surface area contributed by atoms with Crippen molar-refractivity contribution in [2.24, 2.45) is 5.92 Å². The minimum Gasteiger partial charge on any atom is -0.497 e. The molecular formula is C15H17N3O3. The quantitative estimate of drug-likeness (QED) is 0.904. The normalized spacial score (nSPS) is 16.8. The molecule has 1 unspecified atom stereocenters. The second kappa shape index (κ2) is 5.47. The topological polar surface area (TPSA) is 76.2 Å². The second-order valence-electron chi connectivity index (χ2n) is 5.11. The predicted octanol–water partition coefficient (Wildman–Crippen LogP) is 1.92. The zero-order valence-electron chi connectivity index (χ0n) is 12.0. The molecule has 6 nitrogen and oxygen atoms in total. The Labute approximate surface area is 122 Å². The molecule has 110 valence electrons. The van der Waals surface area contributed by atoms with Crippen LogP contribution in [0.4, 0.5) is 5.82 Å². The monoisotopic (exact) mass is 287 g/mol. The number of nitrogens with one attached hydrogen (secondary N) is 2. The molecule has 0 radical (unpaired) electrons. The van der Waals surface area contributed by atoms with Crippen molar-refractivity contribution in [2.75, 3.05) is 19.0 Å². The molecule has 21 heavy (non-hydrogen) atoms. The maximum absolute atomic E-state index is 12.3. The Morgan fingerprint density at radius 3 is 3.05 bits per heavy atom. The Morgan fingerprint density at radius 2 is 2.33 bits per heavy atom. The number of aryl methyl sites for hydroxylation is 1.